The molecule has 1 aromatic carbocycles. The molecular formula is C20H25N3O2S. The number of nitrogens with zero attached hydrogens (tertiary/aromatic N) is 3. The zero-order valence-electron chi connectivity index (χ0n) is 14.8. The molecule has 5 nitrogen and oxygen atoms in total. The second-order valence-electron chi connectivity index (χ2n) is 7.13. The lowest BCUT2D eigenvalue weighted by Crippen LogP contribution is -2.41. The summed E-state index contributed by atoms with van der Waals surface area (Å²) in [5.41, 5.74) is 1.31. The lowest BCUT2D eigenvalue weighted by atomic mass is 9.93. The van der Waals surface area contributed by atoms with Crippen molar-refractivity contribution in [3.05, 3.63) is 52.5 Å². The van der Waals surface area contributed by atoms with Crippen molar-refractivity contribution >= 4 is 17.2 Å². The number of aliphatic hydroxyl groups is 1. The highest BCUT2D eigenvalue weighted by atomic mass is 32.1. The van der Waals surface area contributed by atoms with E-state index in [0.717, 1.165) is 30.8 Å². The molecule has 3 atom stereocenters. The number of fused-ring (bicyclic) bond motifs is 1. The number of hydrogen-bond donors (Lipinski definition) is 1. The van der Waals surface area contributed by atoms with Crippen LogP contribution >= 0.6 is 11.3 Å². The molecule has 26 heavy (non-hydrogen) atoms. The minimum Gasteiger partial charge on any atom is -0.395 e. The van der Waals surface area contributed by atoms with Crippen LogP contribution < -0.4 is 0 Å². The maximum atomic E-state index is 13.3. The monoisotopic (exact) mass is 371 g/mol. The van der Waals surface area contributed by atoms with E-state index in [4.69, 9.17) is 0 Å². The Kier molecular flexibility index (Phi) is 5.33. The fourth-order valence-electron chi connectivity index (χ4n) is 4.55. The number of hydrogen-bond acceptors (Lipinski definition) is 5. The SMILES string of the molecule is O=C([C@H]1C[C@@H](c2ccccc2)N2CCC[C@H]12)N(CCO)Cc1nccs1. The second kappa shape index (κ2) is 7.86. The van der Waals surface area contributed by atoms with Gasteiger partial charge in [0.05, 0.1) is 19.1 Å². The summed E-state index contributed by atoms with van der Waals surface area (Å²) in [4.78, 5) is 22.0. The van der Waals surface area contributed by atoms with Crippen LogP contribution in [0.15, 0.2) is 41.9 Å². The summed E-state index contributed by atoms with van der Waals surface area (Å²) in [5, 5.41) is 12.3. The molecule has 0 spiro atoms. The van der Waals surface area contributed by atoms with Gasteiger partial charge in [-0.25, -0.2) is 4.98 Å². The Morgan fingerprint density at radius 1 is 1.35 bits per heavy atom. The molecule has 2 aromatic rings. The fourth-order valence-corrected chi connectivity index (χ4v) is 5.18. The van der Waals surface area contributed by atoms with Crippen LogP contribution in [0.3, 0.4) is 0 Å². The Labute approximate surface area is 158 Å². The maximum absolute atomic E-state index is 13.3. The summed E-state index contributed by atoms with van der Waals surface area (Å²) < 4.78 is 0. The van der Waals surface area contributed by atoms with Crippen LogP contribution in [0, 0.1) is 5.92 Å². The normalized spacial score (nSPS) is 25.3. The van der Waals surface area contributed by atoms with Gasteiger partial charge in [0, 0.05) is 30.2 Å². The third-order valence-electron chi connectivity index (χ3n) is 5.68. The van der Waals surface area contributed by atoms with Crippen LogP contribution in [0.2, 0.25) is 0 Å². The molecule has 2 saturated heterocycles. The molecule has 0 unspecified atom stereocenters. The van der Waals surface area contributed by atoms with E-state index in [0.29, 0.717) is 25.2 Å². The lowest BCUT2D eigenvalue weighted by molar-refractivity contribution is -0.137. The Bertz CT molecular complexity index is 722. The van der Waals surface area contributed by atoms with Gasteiger partial charge in [0.15, 0.2) is 0 Å². The third kappa shape index (κ3) is 3.41. The van der Waals surface area contributed by atoms with Crippen molar-refractivity contribution in [2.45, 2.75) is 37.9 Å². The molecule has 3 heterocycles. The van der Waals surface area contributed by atoms with E-state index in [2.05, 4.69) is 34.1 Å². The van der Waals surface area contributed by atoms with Gasteiger partial charge in [-0.1, -0.05) is 30.3 Å². The molecular weight excluding hydrogens is 346 g/mol. The number of thiazole rings is 1. The highest BCUT2D eigenvalue weighted by Gasteiger charge is 2.48. The van der Waals surface area contributed by atoms with E-state index in [1.807, 2.05) is 11.4 Å². The van der Waals surface area contributed by atoms with Crippen molar-refractivity contribution in [1.82, 2.24) is 14.8 Å². The Morgan fingerprint density at radius 3 is 2.92 bits per heavy atom. The molecule has 4 rings (SSSR count). The first-order valence-corrected chi connectivity index (χ1v) is 10.2. The molecule has 138 valence electrons. The van der Waals surface area contributed by atoms with Gasteiger partial charge in [-0.2, -0.15) is 0 Å². The van der Waals surface area contributed by atoms with Crippen molar-refractivity contribution < 1.29 is 9.90 Å². The van der Waals surface area contributed by atoms with E-state index in [-0.39, 0.29) is 18.4 Å². The zero-order valence-corrected chi connectivity index (χ0v) is 15.6. The maximum Gasteiger partial charge on any atom is 0.227 e. The molecule has 6 heteroatoms. The van der Waals surface area contributed by atoms with Crippen molar-refractivity contribution in [2.75, 3.05) is 19.7 Å². The van der Waals surface area contributed by atoms with Crippen molar-refractivity contribution in [3.63, 3.8) is 0 Å². The molecule has 0 radical (unpaired) electrons. The first kappa shape index (κ1) is 17.6. The molecule has 0 aliphatic carbocycles. The summed E-state index contributed by atoms with van der Waals surface area (Å²) in [5.74, 6) is 0.179. The van der Waals surface area contributed by atoms with E-state index in [9.17, 15) is 9.90 Å². The number of benzene rings is 1. The smallest absolute Gasteiger partial charge is 0.227 e. The molecule has 2 aliphatic heterocycles. The standard InChI is InChI=1S/C20H25N3O2S/c24-11-10-22(14-19-21-8-12-26-19)20(25)16-13-18(15-5-2-1-3-6-15)23-9-4-7-17(16)23/h1-3,5-6,8,12,16-18,24H,4,7,9-11,13-14H2/t16-,17+,18-/m0/s1. The quantitative estimate of drug-likeness (QED) is 0.848. The van der Waals surface area contributed by atoms with Crippen molar-refractivity contribution in [1.29, 1.82) is 0 Å². The van der Waals surface area contributed by atoms with E-state index in [1.54, 1.807) is 22.4 Å². The molecule has 2 fully saturated rings. The van der Waals surface area contributed by atoms with Gasteiger partial charge in [-0.05, 0) is 31.4 Å². The van der Waals surface area contributed by atoms with Crippen LogP contribution in [0.5, 0.6) is 0 Å². The van der Waals surface area contributed by atoms with Gasteiger partial charge in [0.25, 0.3) is 0 Å². The largest absolute Gasteiger partial charge is 0.395 e. The molecule has 2 aliphatic rings. The molecule has 0 saturated carbocycles. The van der Waals surface area contributed by atoms with Crippen LogP contribution in [0.4, 0.5) is 0 Å². The summed E-state index contributed by atoms with van der Waals surface area (Å²) in [6, 6.07) is 11.2. The summed E-state index contributed by atoms with van der Waals surface area (Å²) in [7, 11) is 0. The van der Waals surface area contributed by atoms with Gasteiger partial charge in [-0.15, -0.1) is 11.3 Å². The fraction of sp³-hybridized carbons (Fsp3) is 0.500. The predicted molar refractivity (Wildman–Crippen MR) is 102 cm³/mol. The van der Waals surface area contributed by atoms with Crippen LogP contribution in [0.1, 0.15) is 35.9 Å². The number of aliphatic hydroxyl groups excluding tert-OH is 1. The minimum absolute atomic E-state index is 0.00854. The Balaban J connectivity index is 1.54. The van der Waals surface area contributed by atoms with Gasteiger partial charge in [-0.3, -0.25) is 9.69 Å². The van der Waals surface area contributed by atoms with E-state index < -0.39 is 0 Å². The summed E-state index contributed by atoms with van der Waals surface area (Å²) in [6.45, 7) is 1.93. The van der Waals surface area contributed by atoms with Gasteiger partial charge in [0.1, 0.15) is 5.01 Å². The van der Waals surface area contributed by atoms with Crippen LogP contribution in [0.25, 0.3) is 0 Å². The number of amides is 1. The molecule has 1 amide bonds. The summed E-state index contributed by atoms with van der Waals surface area (Å²) in [6.07, 6.45) is 4.88. The molecule has 1 aromatic heterocycles. The average molecular weight is 372 g/mol. The predicted octanol–water partition coefficient (Wildman–Crippen LogP) is 2.69. The third-order valence-corrected chi connectivity index (χ3v) is 6.44. The van der Waals surface area contributed by atoms with Crippen LogP contribution in [-0.4, -0.2) is 51.5 Å². The number of carbonyl (C=O) groups excluding carboxylic acids is 1. The zero-order chi connectivity index (χ0) is 17.9. The average Bonchev–Trinajstić information content (AvgIpc) is 3.39. The molecule has 1 N–H and O–H groups in total. The van der Waals surface area contributed by atoms with Crippen molar-refractivity contribution in [3.8, 4) is 0 Å². The van der Waals surface area contributed by atoms with Gasteiger partial charge >= 0.3 is 0 Å². The van der Waals surface area contributed by atoms with Gasteiger partial charge < -0.3 is 10.0 Å². The first-order valence-electron chi connectivity index (χ1n) is 9.36. The van der Waals surface area contributed by atoms with Crippen LogP contribution in [-0.2, 0) is 11.3 Å². The Morgan fingerprint density at radius 2 is 2.19 bits per heavy atom. The number of rotatable bonds is 6. The summed E-state index contributed by atoms with van der Waals surface area (Å²) >= 11 is 1.56. The lowest BCUT2D eigenvalue weighted by Gasteiger charge is -2.27. The number of carbonyl (C=O) groups is 1. The van der Waals surface area contributed by atoms with Gasteiger partial charge in [0.2, 0.25) is 5.91 Å². The second-order valence-corrected chi connectivity index (χ2v) is 8.10. The number of aromatic nitrogens is 1. The van der Waals surface area contributed by atoms with E-state index >= 15 is 0 Å². The topological polar surface area (TPSA) is 56.7 Å². The van der Waals surface area contributed by atoms with Crippen molar-refractivity contribution in [2.24, 2.45) is 5.92 Å². The molecule has 0 bridgehead atoms. The highest BCUT2D eigenvalue weighted by Crippen LogP contribution is 2.45. The Hall–Kier alpha value is -1.76. The van der Waals surface area contributed by atoms with E-state index in [1.165, 1.54) is 5.56 Å². The minimum atomic E-state index is -0.0136. The first-order chi connectivity index (χ1) is 12.8. The highest BCUT2D eigenvalue weighted by molar-refractivity contribution is 7.09.